The molecule has 1 unspecified atom stereocenters. The predicted molar refractivity (Wildman–Crippen MR) is 157 cm³/mol. The molecule has 2 aromatic carbocycles. The Morgan fingerprint density at radius 2 is 1.79 bits per heavy atom. The number of anilines is 5. The first kappa shape index (κ1) is 27.6. The van der Waals surface area contributed by atoms with Gasteiger partial charge in [-0.2, -0.15) is 4.98 Å². The highest BCUT2D eigenvalue weighted by Crippen LogP contribution is 2.41. The second-order valence-corrected chi connectivity index (χ2v) is 10.8. The lowest BCUT2D eigenvalue weighted by Crippen LogP contribution is -2.49. The van der Waals surface area contributed by atoms with Crippen LogP contribution in [0, 0.1) is 11.6 Å². The standard InChI is InChI=1S/C30H32F2N8O2/c1-4-26(41)39-10-9-25(21-7-5-6-8-24(21)39)40-18-19-17-33-29(35-28(19)37(3)30(40)42)34-20-15-22(31)27(23(32)16-20)38-13-11-36(2)12-14-38/h4-8,15-17,25H,1,9-14,18H2,2-3H3,(H,33,34,35). The number of carbonyl (C=O) groups excluding carboxylic acids is 2. The summed E-state index contributed by atoms with van der Waals surface area (Å²) >= 11 is 0. The number of nitrogens with one attached hydrogen (secondary N) is 1. The third kappa shape index (κ3) is 4.91. The zero-order valence-corrected chi connectivity index (χ0v) is 23.6. The number of carbonyl (C=O) groups is 2. The van der Waals surface area contributed by atoms with Gasteiger partial charge in [0.25, 0.3) is 0 Å². The third-order valence-electron chi connectivity index (χ3n) is 8.15. The van der Waals surface area contributed by atoms with Crippen molar-refractivity contribution in [2.24, 2.45) is 0 Å². The smallest absolute Gasteiger partial charge is 0.326 e. The summed E-state index contributed by atoms with van der Waals surface area (Å²) in [4.78, 5) is 43.7. The number of urea groups is 1. The van der Waals surface area contributed by atoms with E-state index in [4.69, 9.17) is 0 Å². The largest absolute Gasteiger partial charge is 0.364 e. The summed E-state index contributed by atoms with van der Waals surface area (Å²) in [6.07, 6.45) is 3.47. The molecule has 0 bridgehead atoms. The topological polar surface area (TPSA) is 88.2 Å². The minimum absolute atomic E-state index is 0.0355. The van der Waals surface area contributed by atoms with E-state index < -0.39 is 11.6 Å². The van der Waals surface area contributed by atoms with Crippen LogP contribution < -0.4 is 20.0 Å². The van der Waals surface area contributed by atoms with Crippen molar-refractivity contribution in [3.63, 3.8) is 0 Å². The lowest BCUT2D eigenvalue weighted by atomic mass is 9.94. The molecule has 1 aromatic heterocycles. The van der Waals surface area contributed by atoms with Crippen molar-refractivity contribution in [2.75, 3.05) is 66.8 Å². The summed E-state index contributed by atoms with van der Waals surface area (Å²) in [5.41, 5.74) is 2.51. The molecule has 1 N–H and O–H groups in total. The molecular weight excluding hydrogens is 542 g/mol. The molecule has 218 valence electrons. The molecule has 0 saturated carbocycles. The van der Waals surface area contributed by atoms with Gasteiger partial charge in [0.15, 0.2) is 11.6 Å². The molecule has 1 atom stereocenters. The first-order valence-corrected chi connectivity index (χ1v) is 13.9. The number of para-hydroxylation sites is 1. The Morgan fingerprint density at radius 1 is 1.07 bits per heavy atom. The Kier molecular flexibility index (Phi) is 7.23. The number of piperazine rings is 1. The van der Waals surface area contributed by atoms with Crippen LogP contribution >= 0.6 is 0 Å². The monoisotopic (exact) mass is 574 g/mol. The Hall–Kier alpha value is -4.58. The third-order valence-corrected chi connectivity index (χ3v) is 8.15. The van der Waals surface area contributed by atoms with Crippen LogP contribution in [0.2, 0.25) is 0 Å². The van der Waals surface area contributed by atoms with Crippen LogP contribution in [-0.2, 0) is 11.3 Å². The molecule has 3 aliphatic rings. The first-order valence-electron chi connectivity index (χ1n) is 13.9. The van der Waals surface area contributed by atoms with Crippen LogP contribution in [0.15, 0.2) is 55.3 Å². The fraction of sp³-hybridized carbons (Fsp3) is 0.333. The number of amides is 3. The summed E-state index contributed by atoms with van der Waals surface area (Å²) in [6, 6.07) is 9.54. The van der Waals surface area contributed by atoms with Gasteiger partial charge in [-0.3, -0.25) is 9.69 Å². The van der Waals surface area contributed by atoms with Gasteiger partial charge in [0, 0.05) is 62.9 Å². The van der Waals surface area contributed by atoms with E-state index in [1.165, 1.54) is 23.1 Å². The van der Waals surface area contributed by atoms with Gasteiger partial charge in [0.1, 0.15) is 11.5 Å². The SMILES string of the molecule is C=CC(=O)N1CCC(N2Cc3cnc(Nc4cc(F)c(N5CCN(C)CC5)c(F)c4)nc3N(C)C2=O)c2ccccc21. The molecule has 6 rings (SSSR count). The Bertz CT molecular complexity index is 1540. The zero-order chi connectivity index (χ0) is 29.5. The molecule has 4 heterocycles. The molecule has 3 aromatic rings. The number of rotatable bonds is 5. The Balaban J connectivity index is 1.23. The second-order valence-electron chi connectivity index (χ2n) is 10.8. The Labute approximate surface area is 242 Å². The van der Waals surface area contributed by atoms with Crippen molar-refractivity contribution in [1.82, 2.24) is 19.8 Å². The number of halogens is 2. The fourth-order valence-electron chi connectivity index (χ4n) is 5.94. The first-order chi connectivity index (χ1) is 20.2. The summed E-state index contributed by atoms with van der Waals surface area (Å²) in [7, 11) is 3.62. The van der Waals surface area contributed by atoms with Crippen molar-refractivity contribution in [2.45, 2.75) is 19.0 Å². The predicted octanol–water partition coefficient (Wildman–Crippen LogP) is 4.29. The molecule has 0 aliphatic carbocycles. The molecule has 10 nitrogen and oxygen atoms in total. The van der Waals surface area contributed by atoms with E-state index in [2.05, 4.69) is 26.8 Å². The molecular formula is C30H32F2N8O2. The van der Waals surface area contributed by atoms with E-state index >= 15 is 8.78 Å². The van der Waals surface area contributed by atoms with Gasteiger partial charge in [-0.05, 0) is 43.3 Å². The summed E-state index contributed by atoms with van der Waals surface area (Å²) in [5, 5.41) is 2.89. The van der Waals surface area contributed by atoms with Gasteiger partial charge in [0.2, 0.25) is 11.9 Å². The van der Waals surface area contributed by atoms with E-state index in [0.29, 0.717) is 31.9 Å². The molecule has 12 heteroatoms. The van der Waals surface area contributed by atoms with Crippen molar-refractivity contribution < 1.29 is 18.4 Å². The van der Waals surface area contributed by atoms with E-state index in [0.717, 1.165) is 29.9 Å². The van der Waals surface area contributed by atoms with Crippen molar-refractivity contribution in [3.05, 3.63) is 78.0 Å². The van der Waals surface area contributed by atoms with Crippen molar-refractivity contribution >= 4 is 40.8 Å². The summed E-state index contributed by atoms with van der Waals surface area (Å²) in [6.45, 7) is 6.88. The van der Waals surface area contributed by atoms with E-state index in [9.17, 15) is 9.59 Å². The van der Waals surface area contributed by atoms with Gasteiger partial charge >= 0.3 is 6.03 Å². The van der Waals surface area contributed by atoms with Gasteiger partial charge in [-0.15, -0.1) is 0 Å². The van der Waals surface area contributed by atoms with Crippen LogP contribution in [0.25, 0.3) is 0 Å². The fourth-order valence-corrected chi connectivity index (χ4v) is 5.94. The lowest BCUT2D eigenvalue weighted by molar-refractivity contribution is -0.114. The van der Waals surface area contributed by atoms with E-state index in [1.54, 1.807) is 27.9 Å². The van der Waals surface area contributed by atoms with Gasteiger partial charge in [-0.1, -0.05) is 24.8 Å². The van der Waals surface area contributed by atoms with Crippen molar-refractivity contribution in [1.29, 1.82) is 0 Å². The molecule has 42 heavy (non-hydrogen) atoms. The van der Waals surface area contributed by atoms with Crippen LogP contribution in [0.3, 0.4) is 0 Å². The number of benzene rings is 2. The number of nitrogens with zero attached hydrogens (tertiary/aromatic N) is 7. The molecule has 1 fully saturated rings. The van der Waals surface area contributed by atoms with E-state index in [1.807, 2.05) is 31.3 Å². The number of hydrogen-bond donors (Lipinski definition) is 1. The van der Waals surface area contributed by atoms with Crippen LogP contribution in [0.4, 0.5) is 42.4 Å². The maximum Gasteiger partial charge on any atom is 0.326 e. The molecule has 3 amide bonds. The average Bonchev–Trinajstić information content (AvgIpc) is 2.99. The minimum atomic E-state index is -0.663. The molecule has 1 saturated heterocycles. The van der Waals surface area contributed by atoms with Gasteiger partial charge in [-0.25, -0.2) is 18.6 Å². The molecule has 0 radical (unpaired) electrons. The number of fused-ring (bicyclic) bond motifs is 2. The number of likely N-dealkylation sites (N-methyl/N-ethyl adjacent to an activating group) is 1. The summed E-state index contributed by atoms with van der Waals surface area (Å²) in [5.74, 6) is -0.977. The maximum atomic E-state index is 15.0. The average molecular weight is 575 g/mol. The van der Waals surface area contributed by atoms with Gasteiger partial charge in [0.05, 0.1) is 12.6 Å². The van der Waals surface area contributed by atoms with Gasteiger partial charge < -0.3 is 24.9 Å². The second kappa shape index (κ2) is 11.0. The normalized spacial score (nSPS) is 19.0. The highest BCUT2D eigenvalue weighted by Gasteiger charge is 2.38. The molecule has 0 spiro atoms. The number of aromatic nitrogens is 2. The highest BCUT2D eigenvalue weighted by molar-refractivity contribution is 6.02. The molecule has 3 aliphatic heterocycles. The number of hydrogen-bond acceptors (Lipinski definition) is 7. The van der Waals surface area contributed by atoms with Crippen LogP contribution in [0.5, 0.6) is 0 Å². The highest BCUT2D eigenvalue weighted by atomic mass is 19.1. The quantitative estimate of drug-likeness (QED) is 0.455. The minimum Gasteiger partial charge on any atom is -0.364 e. The van der Waals surface area contributed by atoms with Crippen LogP contribution in [0.1, 0.15) is 23.6 Å². The Morgan fingerprint density at radius 3 is 2.50 bits per heavy atom. The summed E-state index contributed by atoms with van der Waals surface area (Å²) < 4.78 is 30.1. The lowest BCUT2D eigenvalue weighted by Gasteiger charge is -2.43. The van der Waals surface area contributed by atoms with Crippen LogP contribution in [-0.4, -0.2) is 78.5 Å². The van der Waals surface area contributed by atoms with Crippen molar-refractivity contribution in [3.8, 4) is 0 Å². The zero-order valence-electron chi connectivity index (χ0n) is 23.6. The maximum absolute atomic E-state index is 15.0. The van der Waals surface area contributed by atoms with E-state index in [-0.39, 0.29) is 41.8 Å².